The summed E-state index contributed by atoms with van der Waals surface area (Å²) in [5.74, 6) is 0.994. The van der Waals surface area contributed by atoms with Crippen LogP contribution in [0.4, 0.5) is 0 Å². The Morgan fingerprint density at radius 3 is 2.78 bits per heavy atom. The Morgan fingerprint density at radius 1 is 1.39 bits per heavy atom. The average Bonchev–Trinajstić information content (AvgIpc) is 2.92. The third kappa shape index (κ3) is 1.64. The zero-order valence-corrected chi connectivity index (χ0v) is 10.8. The molecule has 18 heavy (non-hydrogen) atoms. The van der Waals surface area contributed by atoms with Crippen LogP contribution in [0.5, 0.6) is 0 Å². The lowest BCUT2D eigenvalue weighted by molar-refractivity contribution is -0.147. The van der Waals surface area contributed by atoms with Crippen LogP contribution in [0.2, 0.25) is 0 Å². The maximum Gasteiger partial charge on any atom is 0.242 e. The van der Waals surface area contributed by atoms with E-state index in [9.17, 15) is 9.59 Å². The van der Waals surface area contributed by atoms with E-state index >= 15 is 0 Å². The van der Waals surface area contributed by atoms with E-state index in [1.165, 1.54) is 6.42 Å². The minimum atomic E-state index is -0.349. The van der Waals surface area contributed by atoms with Gasteiger partial charge in [-0.3, -0.25) is 9.59 Å². The Labute approximate surface area is 107 Å². The fourth-order valence-electron chi connectivity index (χ4n) is 3.98. The number of nitrogens with zero attached hydrogens (tertiary/aromatic N) is 1. The van der Waals surface area contributed by atoms with Crippen molar-refractivity contribution in [3.05, 3.63) is 0 Å². The summed E-state index contributed by atoms with van der Waals surface area (Å²) >= 11 is 0. The molecule has 2 amide bonds. The highest BCUT2D eigenvalue weighted by atomic mass is 16.2. The molecule has 0 radical (unpaired) electrons. The van der Waals surface area contributed by atoms with Crippen LogP contribution in [0.15, 0.2) is 0 Å². The number of nitrogens with two attached hydrogens (primary N) is 1. The lowest BCUT2D eigenvalue weighted by atomic mass is 9.83. The van der Waals surface area contributed by atoms with Crippen molar-refractivity contribution in [2.24, 2.45) is 23.5 Å². The maximum absolute atomic E-state index is 12.6. The number of rotatable bonds is 1. The van der Waals surface area contributed by atoms with E-state index in [1.807, 2.05) is 0 Å². The first-order chi connectivity index (χ1) is 8.59. The molecule has 5 heteroatoms. The van der Waals surface area contributed by atoms with E-state index in [4.69, 9.17) is 5.73 Å². The monoisotopic (exact) mass is 251 g/mol. The van der Waals surface area contributed by atoms with Gasteiger partial charge in [0, 0.05) is 19.1 Å². The number of hydrogen-bond donors (Lipinski definition) is 2. The van der Waals surface area contributed by atoms with Crippen LogP contribution in [-0.2, 0) is 9.59 Å². The largest absolute Gasteiger partial charge is 0.353 e. The Bertz CT molecular complexity index is 382. The molecule has 1 saturated heterocycles. The van der Waals surface area contributed by atoms with E-state index in [1.54, 1.807) is 11.8 Å². The van der Waals surface area contributed by atoms with Crippen LogP contribution in [0, 0.1) is 17.8 Å². The summed E-state index contributed by atoms with van der Waals surface area (Å²) in [7, 11) is 0. The van der Waals surface area contributed by atoms with Crippen molar-refractivity contribution in [2.75, 3.05) is 13.1 Å². The molecule has 5 nitrogen and oxygen atoms in total. The van der Waals surface area contributed by atoms with Crippen LogP contribution in [0.3, 0.4) is 0 Å². The van der Waals surface area contributed by atoms with Crippen molar-refractivity contribution in [1.82, 2.24) is 10.2 Å². The minimum absolute atomic E-state index is 0.00781. The Kier molecular flexibility index (Phi) is 2.81. The number of fused-ring (bicyclic) bond motifs is 2. The number of hydrogen-bond acceptors (Lipinski definition) is 3. The molecule has 5 unspecified atom stereocenters. The van der Waals surface area contributed by atoms with Gasteiger partial charge in [0.25, 0.3) is 0 Å². The summed E-state index contributed by atoms with van der Waals surface area (Å²) in [6.45, 7) is 2.97. The molecule has 1 heterocycles. The molecule has 0 aromatic carbocycles. The van der Waals surface area contributed by atoms with Crippen LogP contribution in [0.25, 0.3) is 0 Å². The van der Waals surface area contributed by atoms with Gasteiger partial charge in [0.05, 0.1) is 5.92 Å². The molecule has 2 aliphatic carbocycles. The molecule has 3 fully saturated rings. The van der Waals surface area contributed by atoms with Gasteiger partial charge >= 0.3 is 0 Å². The van der Waals surface area contributed by atoms with Gasteiger partial charge in [-0.25, -0.2) is 0 Å². The number of piperazine rings is 1. The topological polar surface area (TPSA) is 75.4 Å². The van der Waals surface area contributed by atoms with Gasteiger partial charge in [-0.05, 0) is 38.0 Å². The van der Waals surface area contributed by atoms with E-state index in [0.29, 0.717) is 24.9 Å². The number of nitrogens with one attached hydrogen (secondary N) is 1. The molecule has 3 rings (SSSR count). The molecular weight excluding hydrogens is 230 g/mol. The third-order valence-electron chi connectivity index (χ3n) is 5.05. The summed E-state index contributed by atoms with van der Waals surface area (Å²) in [6, 6.07) is -0.342. The Balaban J connectivity index is 1.76. The molecule has 5 atom stereocenters. The molecular formula is C13H21N3O2. The van der Waals surface area contributed by atoms with Crippen LogP contribution in [0.1, 0.15) is 26.2 Å². The fraction of sp³-hybridized carbons (Fsp3) is 0.846. The van der Waals surface area contributed by atoms with Crippen LogP contribution in [-0.4, -0.2) is 41.9 Å². The van der Waals surface area contributed by atoms with Crippen molar-refractivity contribution in [3.63, 3.8) is 0 Å². The molecule has 2 bridgehead atoms. The molecule has 100 valence electrons. The maximum atomic E-state index is 12.6. The highest BCUT2D eigenvalue weighted by Gasteiger charge is 2.51. The zero-order valence-electron chi connectivity index (χ0n) is 10.8. The summed E-state index contributed by atoms with van der Waals surface area (Å²) in [5, 5.41) is 2.79. The number of carbonyl (C=O) groups excluding carboxylic acids is 2. The minimum Gasteiger partial charge on any atom is -0.353 e. The molecule has 3 aliphatic rings. The van der Waals surface area contributed by atoms with Gasteiger partial charge in [0.15, 0.2) is 0 Å². The predicted molar refractivity (Wildman–Crippen MR) is 66.5 cm³/mol. The van der Waals surface area contributed by atoms with E-state index in [2.05, 4.69) is 5.32 Å². The Hall–Kier alpha value is -1.10. The van der Waals surface area contributed by atoms with E-state index in [-0.39, 0.29) is 29.8 Å². The second-order valence-corrected chi connectivity index (χ2v) is 5.93. The van der Waals surface area contributed by atoms with E-state index < -0.39 is 0 Å². The lowest BCUT2D eigenvalue weighted by Gasteiger charge is -2.38. The molecule has 0 spiro atoms. The summed E-state index contributed by atoms with van der Waals surface area (Å²) in [4.78, 5) is 26.0. The summed E-state index contributed by atoms with van der Waals surface area (Å²) < 4.78 is 0. The van der Waals surface area contributed by atoms with Crippen LogP contribution >= 0.6 is 0 Å². The molecule has 0 aromatic heterocycles. The third-order valence-corrected chi connectivity index (χ3v) is 5.05. The molecule has 2 saturated carbocycles. The predicted octanol–water partition coefficient (Wildman–Crippen LogP) is -0.293. The van der Waals surface area contributed by atoms with Gasteiger partial charge in [-0.15, -0.1) is 0 Å². The molecule has 0 aromatic rings. The summed E-state index contributed by atoms with van der Waals surface area (Å²) in [6.07, 6.45) is 3.40. The first-order valence-electron chi connectivity index (χ1n) is 6.93. The fourth-order valence-corrected chi connectivity index (χ4v) is 3.98. The molecule has 3 N–H and O–H groups in total. The van der Waals surface area contributed by atoms with Crippen molar-refractivity contribution < 1.29 is 9.59 Å². The van der Waals surface area contributed by atoms with Crippen molar-refractivity contribution >= 4 is 11.8 Å². The van der Waals surface area contributed by atoms with Crippen LogP contribution < -0.4 is 11.1 Å². The van der Waals surface area contributed by atoms with Crippen molar-refractivity contribution in [1.29, 1.82) is 0 Å². The van der Waals surface area contributed by atoms with Gasteiger partial charge in [0.1, 0.15) is 6.04 Å². The number of carbonyl (C=O) groups is 2. The van der Waals surface area contributed by atoms with E-state index in [0.717, 1.165) is 12.8 Å². The van der Waals surface area contributed by atoms with Gasteiger partial charge in [-0.2, -0.15) is 0 Å². The smallest absolute Gasteiger partial charge is 0.242 e. The van der Waals surface area contributed by atoms with Crippen molar-refractivity contribution in [3.8, 4) is 0 Å². The number of amides is 2. The standard InChI is InChI=1S/C13H21N3O2/c1-7-12(17)15-4-5-16(7)13(18)10-8-2-3-9(6-8)11(10)14/h7-11H,2-6,14H2,1H3,(H,15,17). The second-order valence-electron chi connectivity index (χ2n) is 5.93. The highest BCUT2D eigenvalue weighted by Crippen LogP contribution is 2.48. The first-order valence-corrected chi connectivity index (χ1v) is 6.93. The summed E-state index contributed by atoms with van der Waals surface area (Å²) in [5.41, 5.74) is 6.20. The zero-order chi connectivity index (χ0) is 12.9. The normalized spacial score (nSPS) is 43.1. The molecule has 1 aliphatic heterocycles. The van der Waals surface area contributed by atoms with Gasteiger partial charge in [0.2, 0.25) is 11.8 Å². The van der Waals surface area contributed by atoms with Gasteiger partial charge < -0.3 is 16.0 Å². The van der Waals surface area contributed by atoms with Crippen molar-refractivity contribution in [2.45, 2.75) is 38.3 Å². The highest BCUT2D eigenvalue weighted by molar-refractivity contribution is 5.90. The SMILES string of the molecule is CC1C(=O)NCCN1C(=O)C1C2CCC(C2)C1N. The second kappa shape index (κ2) is 4.23. The Morgan fingerprint density at radius 2 is 2.11 bits per heavy atom. The lowest BCUT2D eigenvalue weighted by Crippen LogP contribution is -2.59. The average molecular weight is 251 g/mol. The first kappa shape index (κ1) is 12.0. The quantitative estimate of drug-likeness (QED) is 0.672. The van der Waals surface area contributed by atoms with Gasteiger partial charge in [-0.1, -0.05) is 0 Å².